The highest BCUT2D eigenvalue weighted by Crippen LogP contribution is 2.28. The normalized spacial score (nSPS) is 9.88. The molecule has 2 aromatic carbocycles. The molecule has 1 amide bonds. The number of nitriles is 1. The van der Waals surface area contributed by atoms with Crippen LogP contribution in [0, 0.1) is 11.3 Å². The van der Waals surface area contributed by atoms with E-state index in [1.54, 1.807) is 24.3 Å². The number of nitrogens with zero attached hydrogens (tertiary/aromatic N) is 1. The van der Waals surface area contributed by atoms with Crippen LogP contribution in [0.4, 0.5) is 5.69 Å². The van der Waals surface area contributed by atoms with Gasteiger partial charge in [-0.15, -0.1) is 0 Å². The molecule has 2 rings (SSSR count). The highest BCUT2D eigenvalue weighted by Gasteiger charge is 2.09. The van der Waals surface area contributed by atoms with E-state index >= 15 is 0 Å². The van der Waals surface area contributed by atoms with Gasteiger partial charge in [0.1, 0.15) is 0 Å². The summed E-state index contributed by atoms with van der Waals surface area (Å²) in [6, 6.07) is 14.3. The lowest BCUT2D eigenvalue weighted by molar-refractivity contribution is -0.115. The number of hydrogen-bond acceptors (Lipinski definition) is 4. The molecule has 5 nitrogen and oxygen atoms in total. The highest BCUT2D eigenvalue weighted by molar-refractivity contribution is 5.92. The van der Waals surface area contributed by atoms with E-state index in [-0.39, 0.29) is 12.3 Å². The van der Waals surface area contributed by atoms with E-state index in [1.807, 2.05) is 38.1 Å². The number of carbonyl (C=O) groups is 1. The molecule has 0 saturated carbocycles. The predicted octanol–water partition coefficient (Wildman–Crippen LogP) is 3.54. The average Bonchev–Trinajstić information content (AvgIpc) is 2.58. The van der Waals surface area contributed by atoms with Gasteiger partial charge in [0, 0.05) is 5.69 Å². The van der Waals surface area contributed by atoms with Crippen molar-refractivity contribution in [3.63, 3.8) is 0 Å². The van der Waals surface area contributed by atoms with Gasteiger partial charge in [-0.1, -0.05) is 6.07 Å². The molecule has 24 heavy (non-hydrogen) atoms. The second-order valence-electron chi connectivity index (χ2n) is 5.06. The summed E-state index contributed by atoms with van der Waals surface area (Å²) in [5, 5.41) is 11.6. The van der Waals surface area contributed by atoms with Gasteiger partial charge in [-0.2, -0.15) is 5.26 Å². The van der Waals surface area contributed by atoms with Gasteiger partial charge in [-0.25, -0.2) is 0 Å². The summed E-state index contributed by atoms with van der Waals surface area (Å²) >= 11 is 0. The number of ether oxygens (including phenoxy) is 2. The maximum absolute atomic E-state index is 12.2. The van der Waals surface area contributed by atoms with Crippen LogP contribution in [0.15, 0.2) is 42.5 Å². The number of benzene rings is 2. The molecule has 0 aromatic heterocycles. The molecule has 0 saturated heterocycles. The van der Waals surface area contributed by atoms with Crippen LogP contribution in [0.25, 0.3) is 0 Å². The summed E-state index contributed by atoms with van der Waals surface area (Å²) in [6.07, 6.45) is 0.229. The Morgan fingerprint density at radius 2 is 1.71 bits per heavy atom. The van der Waals surface area contributed by atoms with Crippen LogP contribution in [0.3, 0.4) is 0 Å². The molecular weight excluding hydrogens is 304 g/mol. The van der Waals surface area contributed by atoms with E-state index in [0.29, 0.717) is 36.0 Å². The first-order valence-electron chi connectivity index (χ1n) is 7.84. The van der Waals surface area contributed by atoms with Crippen LogP contribution in [0.2, 0.25) is 0 Å². The molecule has 0 spiro atoms. The molecule has 0 bridgehead atoms. The molecule has 0 fully saturated rings. The first kappa shape index (κ1) is 17.4. The second kappa shape index (κ2) is 8.59. The third-order valence-electron chi connectivity index (χ3n) is 3.27. The molecule has 2 aromatic rings. The highest BCUT2D eigenvalue weighted by atomic mass is 16.5. The lowest BCUT2D eigenvalue weighted by Gasteiger charge is -2.12. The molecule has 1 N–H and O–H groups in total. The van der Waals surface area contributed by atoms with Crippen LogP contribution in [-0.2, 0) is 11.2 Å². The number of hydrogen-bond donors (Lipinski definition) is 1. The predicted molar refractivity (Wildman–Crippen MR) is 92.3 cm³/mol. The summed E-state index contributed by atoms with van der Waals surface area (Å²) in [7, 11) is 0. The van der Waals surface area contributed by atoms with E-state index in [0.717, 1.165) is 5.56 Å². The monoisotopic (exact) mass is 324 g/mol. The Balaban J connectivity index is 2.04. The number of nitrogens with one attached hydrogen (secondary N) is 1. The Bertz CT molecular complexity index is 733. The minimum absolute atomic E-state index is 0.133. The Labute approximate surface area is 141 Å². The quantitative estimate of drug-likeness (QED) is 0.845. The van der Waals surface area contributed by atoms with Crippen LogP contribution < -0.4 is 14.8 Å². The van der Waals surface area contributed by atoms with Crippen molar-refractivity contribution >= 4 is 11.6 Å². The van der Waals surface area contributed by atoms with Crippen molar-refractivity contribution in [1.82, 2.24) is 0 Å². The first-order valence-corrected chi connectivity index (χ1v) is 7.84. The van der Waals surface area contributed by atoms with E-state index in [4.69, 9.17) is 14.7 Å². The number of amides is 1. The molecule has 0 atom stereocenters. The van der Waals surface area contributed by atoms with Gasteiger partial charge in [0.15, 0.2) is 11.5 Å². The van der Waals surface area contributed by atoms with E-state index in [9.17, 15) is 4.79 Å². The molecular formula is C19H20N2O3. The smallest absolute Gasteiger partial charge is 0.228 e. The maximum atomic E-state index is 12.2. The summed E-state index contributed by atoms with van der Waals surface area (Å²) < 4.78 is 11.1. The van der Waals surface area contributed by atoms with Crippen LogP contribution in [0.1, 0.15) is 25.0 Å². The molecule has 0 aliphatic carbocycles. The number of rotatable bonds is 7. The van der Waals surface area contributed by atoms with Crippen molar-refractivity contribution in [2.75, 3.05) is 18.5 Å². The topological polar surface area (TPSA) is 71.3 Å². The molecule has 0 aliphatic rings. The van der Waals surface area contributed by atoms with Gasteiger partial charge in [-0.05, 0) is 55.8 Å². The lowest BCUT2D eigenvalue weighted by Crippen LogP contribution is -2.14. The Kier molecular flexibility index (Phi) is 6.21. The Morgan fingerprint density at radius 1 is 1.04 bits per heavy atom. The summed E-state index contributed by atoms with van der Waals surface area (Å²) in [5.74, 6) is 1.19. The van der Waals surface area contributed by atoms with Crippen molar-refractivity contribution in [3.8, 4) is 17.6 Å². The van der Waals surface area contributed by atoms with Crippen molar-refractivity contribution in [3.05, 3.63) is 53.6 Å². The van der Waals surface area contributed by atoms with Crippen LogP contribution in [0.5, 0.6) is 11.5 Å². The SMILES string of the molecule is CCOc1ccc(CC(=O)Nc2ccc(C#N)cc2)cc1OCC. The van der Waals surface area contributed by atoms with Crippen molar-refractivity contribution < 1.29 is 14.3 Å². The van der Waals surface area contributed by atoms with Crippen molar-refractivity contribution in [2.45, 2.75) is 20.3 Å². The maximum Gasteiger partial charge on any atom is 0.228 e. The molecule has 0 heterocycles. The van der Waals surface area contributed by atoms with Gasteiger partial charge in [-0.3, -0.25) is 4.79 Å². The molecule has 0 unspecified atom stereocenters. The summed E-state index contributed by atoms with van der Waals surface area (Å²) in [6.45, 7) is 4.90. The zero-order valence-electron chi connectivity index (χ0n) is 13.8. The molecule has 0 radical (unpaired) electrons. The molecule has 5 heteroatoms. The zero-order chi connectivity index (χ0) is 17.4. The average molecular weight is 324 g/mol. The fourth-order valence-electron chi connectivity index (χ4n) is 2.22. The van der Waals surface area contributed by atoms with Gasteiger partial charge < -0.3 is 14.8 Å². The van der Waals surface area contributed by atoms with E-state index in [2.05, 4.69) is 5.32 Å². The summed E-state index contributed by atoms with van der Waals surface area (Å²) in [5.41, 5.74) is 2.06. The first-order chi connectivity index (χ1) is 11.7. The van der Waals surface area contributed by atoms with Gasteiger partial charge in [0.05, 0.1) is 31.3 Å². The third kappa shape index (κ3) is 4.75. The second-order valence-corrected chi connectivity index (χ2v) is 5.06. The fourth-order valence-corrected chi connectivity index (χ4v) is 2.22. The lowest BCUT2D eigenvalue weighted by atomic mass is 10.1. The summed E-state index contributed by atoms with van der Waals surface area (Å²) in [4.78, 5) is 12.2. The van der Waals surface area contributed by atoms with E-state index < -0.39 is 0 Å². The van der Waals surface area contributed by atoms with Gasteiger partial charge >= 0.3 is 0 Å². The largest absolute Gasteiger partial charge is 0.490 e. The number of anilines is 1. The standard InChI is InChI=1S/C19H20N2O3/c1-3-23-17-10-7-15(11-18(17)24-4-2)12-19(22)21-16-8-5-14(13-20)6-9-16/h5-11H,3-4,12H2,1-2H3,(H,21,22). The van der Waals surface area contributed by atoms with Crippen LogP contribution >= 0.6 is 0 Å². The van der Waals surface area contributed by atoms with Crippen molar-refractivity contribution in [2.24, 2.45) is 0 Å². The van der Waals surface area contributed by atoms with E-state index in [1.165, 1.54) is 0 Å². The van der Waals surface area contributed by atoms with Crippen molar-refractivity contribution in [1.29, 1.82) is 5.26 Å². The zero-order valence-corrected chi connectivity index (χ0v) is 13.8. The Morgan fingerprint density at radius 3 is 2.33 bits per heavy atom. The molecule has 0 aliphatic heterocycles. The van der Waals surface area contributed by atoms with Crippen LogP contribution in [-0.4, -0.2) is 19.1 Å². The fraction of sp³-hybridized carbons (Fsp3) is 0.263. The van der Waals surface area contributed by atoms with Gasteiger partial charge in [0.2, 0.25) is 5.91 Å². The Hall–Kier alpha value is -3.00. The third-order valence-corrected chi connectivity index (χ3v) is 3.27. The minimum Gasteiger partial charge on any atom is -0.490 e. The van der Waals surface area contributed by atoms with Gasteiger partial charge in [0.25, 0.3) is 0 Å². The number of carbonyl (C=O) groups excluding carboxylic acids is 1. The molecule has 124 valence electrons. The minimum atomic E-state index is -0.133.